The van der Waals surface area contributed by atoms with Crippen molar-refractivity contribution in [2.24, 2.45) is 10.4 Å². The third-order valence-electron chi connectivity index (χ3n) is 2.95. The van der Waals surface area contributed by atoms with Gasteiger partial charge < -0.3 is 0 Å². The zero-order chi connectivity index (χ0) is 14.5. The van der Waals surface area contributed by atoms with Crippen LogP contribution in [-0.2, 0) is 4.79 Å². The summed E-state index contributed by atoms with van der Waals surface area (Å²) >= 11 is 0. The first-order chi connectivity index (χ1) is 8.80. The predicted octanol–water partition coefficient (Wildman–Crippen LogP) is 4.28. The summed E-state index contributed by atoms with van der Waals surface area (Å²) in [5, 5.41) is 0. The molecular formula is C17H25NO. The monoisotopic (exact) mass is 259 g/mol. The number of benzene rings is 1. The summed E-state index contributed by atoms with van der Waals surface area (Å²) < 4.78 is 0. The molecular weight excluding hydrogens is 234 g/mol. The van der Waals surface area contributed by atoms with Gasteiger partial charge in [0.25, 0.3) is 0 Å². The smallest absolute Gasteiger partial charge is 0.138 e. The highest BCUT2D eigenvalue weighted by molar-refractivity contribution is 6.02. The first-order valence-corrected chi connectivity index (χ1v) is 6.96. The van der Waals surface area contributed by atoms with Gasteiger partial charge in [0.15, 0.2) is 0 Å². The van der Waals surface area contributed by atoms with Crippen LogP contribution in [0.1, 0.15) is 53.0 Å². The number of aliphatic imine (C=N–C) groups is 1. The number of hydrogen-bond acceptors (Lipinski definition) is 2. The van der Waals surface area contributed by atoms with Crippen LogP contribution in [0.4, 0.5) is 0 Å². The Labute approximate surface area is 117 Å². The van der Waals surface area contributed by atoms with E-state index in [9.17, 15) is 4.79 Å². The van der Waals surface area contributed by atoms with Gasteiger partial charge in [-0.3, -0.25) is 9.79 Å². The van der Waals surface area contributed by atoms with Gasteiger partial charge in [0.1, 0.15) is 5.78 Å². The normalized spacial score (nSPS) is 12.8. The van der Waals surface area contributed by atoms with Gasteiger partial charge in [-0.2, -0.15) is 0 Å². The van der Waals surface area contributed by atoms with Crippen LogP contribution in [0.2, 0.25) is 0 Å². The molecule has 0 N–H and O–H groups in total. The average Bonchev–Trinajstić information content (AvgIpc) is 2.33. The lowest BCUT2D eigenvalue weighted by Gasteiger charge is -2.17. The van der Waals surface area contributed by atoms with E-state index in [1.807, 2.05) is 39.0 Å². The topological polar surface area (TPSA) is 29.4 Å². The molecule has 0 aliphatic heterocycles. The Balaban J connectivity index is 2.82. The van der Waals surface area contributed by atoms with E-state index in [-0.39, 0.29) is 11.5 Å². The van der Waals surface area contributed by atoms with Gasteiger partial charge >= 0.3 is 0 Å². The molecule has 0 unspecified atom stereocenters. The minimum absolute atomic E-state index is 0.250. The quantitative estimate of drug-likeness (QED) is 0.726. The van der Waals surface area contributed by atoms with E-state index < -0.39 is 0 Å². The van der Waals surface area contributed by atoms with Gasteiger partial charge in [0, 0.05) is 23.6 Å². The fourth-order valence-electron chi connectivity index (χ4n) is 1.83. The molecule has 0 bridgehead atoms. The van der Waals surface area contributed by atoms with Crippen LogP contribution < -0.4 is 0 Å². The molecule has 0 atom stereocenters. The van der Waals surface area contributed by atoms with Crippen molar-refractivity contribution < 1.29 is 4.79 Å². The number of carbonyl (C=O) groups is 1. The summed E-state index contributed by atoms with van der Waals surface area (Å²) in [6, 6.07) is 10.4. The van der Waals surface area contributed by atoms with Crippen molar-refractivity contribution in [3.05, 3.63) is 35.9 Å². The fraction of sp³-hybridized carbons (Fsp3) is 0.529. The second-order valence-electron chi connectivity index (χ2n) is 6.21. The Morgan fingerprint density at radius 1 is 1.11 bits per heavy atom. The first-order valence-electron chi connectivity index (χ1n) is 6.96. The molecule has 1 aromatic carbocycles. The van der Waals surface area contributed by atoms with Gasteiger partial charge in [0.2, 0.25) is 0 Å². The minimum Gasteiger partial charge on any atom is -0.299 e. The summed E-state index contributed by atoms with van der Waals surface area (Å²) in [6.07, 6.45) is 1.28. The van der Waals surface area contributed by atoms with E-state index in [4.69, 9.17) is 0 Å². The van der Waals surface area contributed by atoms with Crippen LogP contribution >= 0.6 is 0 Å². The summed E-state index contributed by atoms with van der Waals surface area (Å²) in [5.41, 5.74) is 1.89. The molecule has 0 radical (unpaired) electrons. The number of hydrogen-bond donors (Lipinski definition) is 0. The second kappa shape index (κ2) is 6.65. The maximum Gasteiger partial charge on any atom is 0.138 e. The molecule has 19 heavy (non-hydrogen) atoms. The molecule has 0 fully saturated rings. The summed E-state index contributed by atoms with van der Waals surface area (Å²) in [4.78, 5) is 16.7. The Morgan fingerprint density at radius 2 is 1.68 bits per heavy atom. The lowest BCUT2D eigenvalue weighted by atomic mass is 9.87. The average molecular weight is 259 g/mol. The van der Waals surface area contributed by atoms with E-state index in [0.717, 1.165) is 17.7 Å². The van der Waals surface area contributed by atoms with Gasteiger partial charge in [-0.15, -0.1) is 0 Å². The molecule has 0 aromatic heterocycles. The molecule has 0 aliphatic carbocycles. The number of Topliss-reactive ketones (excluding diaryl/α,β-unsaturated/α-hetero) is 1. The van der Waals surface area contributed by atoms with Crippen molar-refractivity contribution in [3.8, 4) is 0 Å². The van der Waals surface area contributed by atoms with Crippen LogP contribution in [0.15, 0.2) is 35.3 Å². The second-order valence-corrected chi connectivity index (χ2v) is 6.21. The molecule has 1 aromatic rings. The van der Waals surface area contributed by atoms with Crippen molar-refractivity contribution in [1.29, 1.82) is 0 Å². The van der Waals surface area contributed by atoms with Crippen molar-refractivity contribution >= 4 is 11.5 Å². The Morgan fingerprint density at radius 3 is 2.16 bits per heavy atom. The summed E-state index contributed by atoms with van der Waals surface area (Å²) in [5.74, 6) is 0.292. The molecule has 0 heterocycles. The van der Waals surface area contributed by atoms with Gasteiger partial charge in [0.05, 0.1) is 0 Å². The number of nitrogens with zero attached hydrogens (tertiary/aromatic N) is 1. The van der Waals surface area contributed by atoms with Crippen LogP contribution in [0.5, 0.6) is 0 Å². The van der Waals surface area contributed by atoms with Crippen LogP contribution in [0.3, 0.4) is 0 Å². The molecule has 104 valence electrons. The third kappa shape index (κ3) is 5.37. The Kier molecular flexibility index (Phi) is 5.46. The summed E-state index contributed by atoms with van der Waals surface area (Å²) in [7, 11) is 0. The molecule has 0 amide bonds. The predicted molar refractivity (Wildman–Crippen MR) is 81.8 cm³/mol. The molecule has 2 heteroatoms. The highest BCUT2D eigenvalue weighted by Crippen LogP contribution is 2.19. The van der Waals surface area contributed by atoms with Crippen molar-refractivity contribution in [1.82, 2.24) is 0 Å². The van der Waals surface area contributed by atoms with Crippen molar-refractivity contribution in [2.45, 2.75) is 53.5 Å². The van der Waals surface area contributed by atoms with E-state index in [1.54, 1.807) is 0 Å². The van der Waals surface area contributed by atoms with Crippen LogP contribution in [0.25, 0.3) is 0 Å². The van der Waals surface area contributed by atoms with Crippen molar-refractivity contribution in [3.63, 3.8) is 0 Å². The third-order valence-corrected chi connectivity index (χ3v) is 2.95. The highest BCUT2D eigenvalue weighted by atomic mass is 16.1. The molecule has 0 saturated carbocycles. The van der Waals surface area contributed by atoms with Crippen LogP contribution in [0, 0.1) is 5.41 Å². The zero-order valence-electron chi connectivity index (χ0n) is 12.7. The Hall–Kier alpha value is -1.44. The molecule has 0 aliphatic rings. The largest absolute Gasteiger partial charge is 0.299 e. The van der Waals surface area contributed by atoms with E-state index in [2.05, 4.69) is 31.0 Å². The highest BCUT2D eigenvalue weighted by Gasteiger charge is 2.21. The maximum atomic E-state index is 12.0. The Bertz CT molecular complexity index is 438. The summed E-state index contributed by atoms with van der Waals surface area (Å²) in [6.45, 7) is 10.0. The minimum atomic E-state index is -0.264. The van der Waals surface area contributed by atoms with E-state index in [1.165, 1.54) is 0 Å². The molecule has 0 saturated heterocycles. The lowest BCUT2D eigenvalue weighted by molar-refractivity contribution is -0.126. The standard InChI is InChI=1S/C17H25NO/c1-13(2)18-15(14-9-7-6-8-10-14)11-12-16(19)17(3,4)5/h6-10,13H,11-12H2,1-5H3. The van der Waals surface area contributed by atoms with E-state index >= 15 is 0 Å². The van der Waals surface area contributed by atoms with E-state index in [0.29, 0.717) is 12.2 Å². The maximum absolute atomic E-state index is 12.0. The number of carbonyl (C=O) groups excluding carboxylic acids is 1. The van der Waals surface area contributed by atoms with Gasteiger partial charge in [-0.25, -0.2) is 0 Å². The number of ketones is 1. The van der Waals surface area contributed by atoms with Gasteiger partial charge in [-0.1, -0.05) is 51.1 Å². The zero-order valence-corrected chi connectivity index (χ0v) is 12.7. The van der Waals surface area contributed by atoms with Gasteiger partial charge in [-0.05, 0) is 25.8 Å². The van der Waals surface area contributed by atoms with Crippen molar-refractivity contribution in [2.75, 3.05) is 0 Å². The fourth-order valence-corrected chi connectivity index (χ4v) is 1.83. The van der Waals surface area contributed by atoms with Crippen LogP contribution in [-0.4, -0.2) is 17.5 Å². The first kappa shape index (κ1) is 15.6. The lowest BCUT2D eigenvalue weighted by Crippen LogP contribution is -2.21. The number of rotatable bonds is 5. The molecule has 2 nitrogen and oxygen atoms in total. The molecule has 1 rings (SSSR count). The SMILES string of the molecule is CC(C)N=C(CCC(=O)C(C)(C)C)c1ccccc1. The molecule has 0 spiro atoms.